The Morgan fingerprint density at radius 3 is 2.00 bits per heavy atom. The van der Waals surface area contributed by atoms with Gasteiger partial charge in [0.15, 0.2) is 0 Å². The largest absolute Gasteiger partial charge is 0.265 e. The van der Waals surface area contributed by atoms with E-state index in [-0.39, 0.29) is 6.54 Å². The topological polar surface area (TPSA) is 86.3 Å². The summed E-state index contributed by atoms with van der Waals surface area (Å²) in [6, 6.07) is -0.847. The van der Waals surface area contributed by atoms with Crippen molar-refractivity contribution >= 4 is 0 Å². The van der Waals surface area contributed by atoms with Crippen molar-refractivity contribution in [3.05, 3.63) is 20.2 Å². The zero-order valence-electron chi connectivity index (χ0n) is 6.39. The fraction of sp³-hybridized carbons (Fsp3) is 1.00. The summed E-state index contributed by atoms with van der Waals surface area (Å²) in [4.78, 5) is 19.0. The summed E-state index contributed by atoms with van der Waals surface area (Å²) in [5.41, 5.74) is 0. The lowest BCUT2D eigenvalue weighted by Crippen LogP contribution is -2.28. The van der Waals surface area contributed by atoms with Crippen LogP contribution in [-0.4, -0.2) is 22.4 Å². The van der Waals surface area contributed by atoms with Crippen LogP contribution in [0, 0.1) is 26.1 Å². The van der Waals surface area contributed by atoms with E-state index in [1.54, 1.807) is 0 Å². The van der Waals surface area contributed by atoms with Crippen LogP contribution in [0.5, 0.6) is 0 Å². The average molecular weight is 162 g/mol. The molecule has 11 heavy (non-hydrogen) atoms. The fourth-order valence-corrected chi connectivity index (χ4v) is 0.595. The highest BCUT2D eigenvalue weighted by Crippen LogP contribution is 2.05. The first-order valence-electron chi connectivity index (χ1n) is 3.20. The SMILES string of the molecule is CC(C[N+](=O)[O-])C(C)[N+](=O)[O-]. The van der Waals surface area contributed by atoms with Crippen LogP contribution in [0.25, 0.3) is 0 Å². The lowest BCUT2D eigenvalue weighted by Gasteiger charge is -2.07. The highest BCUT2D eigenvalue weighted by Gasteiger charge is 2.26. The molecule has 6 nitrogen and oxygen atoms in total. The Labute approximate surface area is 63.5 Å². The summed E-state index contributed by atoms with van der Waals surface area (Å²) in [6.45, 7) is 2.52. The molecule has 2 atom stereocenters. The summed E-state index contributed by atoms with van der Waals surface area (Å²) < 4.78 is 0. The first kappa shape index (κ1) is 9.80. The van der Waals surface area contributed by atoms with E-state index in [1.165, 1.54) is 13.8 Å². The number of hydrogen-bond donors (Lipinski definition) is 0. The third-order valence-corrected chi connectivity index (χ3v) is 1.59. The van der Waals surface area contributed by atoms with Crippen LogP contribution in [-0.2, 0) is 0 Å². The van der Waals surface area contributed by atoms with Gasteiger partial charge in [-0.25, -0.2) is 0 Å². The van der Waals surface area contributed by atoms with Crippen molar-refractivity contribution in [3.8, 4) is 0 Å². The second-order valence-corrected chi connectivity index (χ2v) is 2.52. The lowest BCUT2D eigenvalue weighted by molar-refractivity contribution is -0.550. The summed E-state index contributed by atoms with van der Waals surface area (Å²) in [6.07, 6.45) is 0. The molecule has 0 saturated heterocycles. The molecule has 0 aromatic heterocycles. The molecule has 6 heteroatoms. The van der Waals surface area contributed by atoms with Crippen LogP contribution in [0.3, 0.4) is 0 Å². The van der Waals surface area contributed by atoms with Crippen molar-refractivity contribution < 1.29 is 9.85 Å². The molecule has 0 aliphatic heterocycles. The molecule has 0 aliphatic rings. The molecule has 0 bridgehead atoms. The smallest absolute Gasteiger partial charge is 0.219 e. The van der Waals surface area contributed by atoms with Crippen LogP contribution in [0.1, 0.15) is 13.8 Å². The van der Waals surface area contributed by atoms with Gasteiger partial charge in [-0.05, 0) is 6.92 Å². The molecule has 64 valence electrons. The van der Waals surface area contributed by atoms with Gasteiger partial charge in [0.1, 0.15) is 0 Å². The van der Waals surface area contributed by atoms with Gasteiger partial charge in [-0.15, -0.1) is 0 Å². The molecular formula is C5H10N2O4. The molecule has 0 fully saturated rings. The van der Waals surface area contributed by atoms with Crippen molar-refractivity contribution in [2.45, 2.75) is 19.9 Å². The summed E-state index contributed by atoms with van der Waals surface area (Å²) in [7, 11) is 0. The molecule has 0 amide bonds. The molecular weight excluding hydrogens is 152 g/mol. The van der Waals surface area contributed by atoms with E-state index in [2.05, 4.69) is 0 Å². The lowest BCUT2D eigenvalue weighted by atomic mass is 10.1. The Morgan fingerprint density at radius 1 is 1.27 bits per heavy atom. The molecule has 0 rings (SSSR count). The fourth-order valence-electron chi connectivity index (χ4n) is 0.595. The van der Waals surface area contributed by atoms with Crippen molar-refractivity contribution in [2.75, 3.05) is 6.54 Å². The molecule has 0 aromatic carbocycles. The Balaban J connectivity index is 3.92. The van der Waals surface area contributed by atoms with E-state index in [9.17, 15) is 20.2 Å². The first-order chi connectivity index (χ1) is 4.95. The standard InChI is InChI=1S/C5H10N2O4/c1-4(3-6(8)9)5(2)7(10)11/h4-5H,3H2,1-2H3. The third kappa shape index (κ3) is 3.49. The molecule has 0 spiro atoms. The number of nitrogens with zero attached hydrogens (tertiary/aromatic N) is 2. The second kappa shape index (κ2) is 3.85. The molecule has 0 radical (unpaired) electrons. The van der Waals surface area contributed by atoms with Crippen LogP contribution in [0.4, 0.5) is 0 Å². The monoisotopic (exact) mass is 162 g/mol. The van der Waals surface area contributed by atoms with Crippen LogP contribution in [0.15, 0.2) is 0 Å². The maximum absolute atomic E-state index is 10.1. The highest BCUT2D eigenvalue weighted by molar-refractivity contribution is 4.57. The zero-order chi connectivity index (χ0) is 9.02. The van der Waals surface area contributed by atoms with Crippen molar-refractivity contribution in [2.24, 2.45) is 5.92 Å². The molecule has 0 saturated carbocycles. The Morgan fingerprint density at radius 2 is 1.73 bits per heavy atom. The van der Waals surface area contributed by atoms with Crippen molar-refractivity contribution in [1.29, 1.82) is 0 Å². The third-order valence-electron chi connectivity index (χ3n) is 1.59. The van der Waals surface area contributed by atoms with E-state index >= 15 is 0 Å². The van der Waals surface area contributed by atoms with Gasteiger partial charge in [0.25, 0.3) is 0 Å². The van der Waals surface area contributed by atoms with E-state index < -0.39 is 21.8 Å². The molecule has 0 N–H and O–H groups in total. The Bertz CT molecular complexity index is 170. The molecule has 0 aliphatic carbocycles. The Hall–Kier alpha value is -1.20. The Kier molecular flexibility index (Phi) is 3.43. The number of nitro groups is 2. The number of rotatable bonds is 4. The van der Waals surface area contributed by atoms with Crippen LogP contribution >= 0.6 is 0 Å². The number of hydrogen-bond acceptors (Lipinski definition) is 4. The maximum atomic E-state index is 10.1. The van der Waals surface area contributed by atoms with Crippen LogP contribution in [0.2, 0.25) is 0 Å². The van der Waals surface area contributed by atoms with Gasteiger partial charge in [0.2, 0.25) is 12.6 Å². The van der Waals surface area contributed by atoms with E-state index in [0.29, 0.717) is 0 Å². The van der Waals surface area contributed by atoms with E-state index in [4.69, 9.17) is 0 Å². The normalized spacial score (nSPS) is 15.5. The molecule has 2 unspecified atom stereocenters. The van der Waals surface area contributed by atoms with Gasteiger partial charge in [-0.2, -0.15) is 0 Å². The van der Waals surface area contributed by atoms with Gasteiger partial charge in [-0.1, -0.05) is 0 Å². The van der Waals surface area contributed by atoms with Gasteiger partial charge in [0.05, 0.1) is 5.92 Å². The summed E-state index contributed by atoms with van der Waals surface area (Å²) in [5, 5.41) is 20.0. The van der Waals surface area contributed by atoms with Gasteiger partial charge >= 0.3 is 0 Å². The van der Waals surface area contributed by atoms with Gasteiger partial charge in [0, 0.05) is 16.8 Å². The zero-order valence-corrected chi connectivity index (χ0v) is 6.39. The first-order valence-corrected chi connectivity index (χ1v) is 3.20. The van der Waals surface area contributed by atoms with Gasteiger partial charge < -0.3 is 0 Å². The molecule has 0 aromatic rings. The van der Waals surface area contributed by atoms with Gasteiger partial charge in [-0.3, -0.25) is 20.2 Å². The quantitative estimate of drug-likeness (QED) is 0.446. The minimum atomic E-state index is -0.847. The predicted molar refractivity (Wildman–Crippen MR) is 37.5 cm³/mol. The van der Waals surface area contributed by atoms with Crippen molar-refractivity contribution in [3.63, 3.8) is 0 Å². The molecule has 0 heterocycles. The van der Waals surface area contributed by atoms with Crippen LogP contribution < -0.4 is 0 Å². The van der Waals surface area contributed by atoms with E-state index in [1.807, 2.05) is 0 Å². The average Bonchev–Trinajstić information content (AvgIpc) is 1.84. The van der Waals surface area contributed by atoms with Crippen molar-refractivity contribution in [1.82, 2.24) is 0 Å². The van der Waals surface area contributed by atoms with E-state index in [0.717, 1.165) is 0 Å². The maximum Gasteiger partial charge on any atom is 0.219 e. The summed E-state index contributed by atoms with van der Waals surface area (Å²) in [5.74, 6) is -0.514. The summed E-state index contributed by atoms with van der Waals surface area (Å²) >= 11 is 0. The minimum Gasteiger partial charge on any atom is -0.265 e. The second-order valence-electron chi connectivity index (χ2n) is 2.52. The minimum absolute atomic E-state index is 0.345. The highest BCUT2D eigenvalue weighted by atomic mass is 16.6. The predicted octanol–water partition coefficient (Wildman–Crippen LogP) is 0.564.